The number of carbonyl (C=O) groups excluding carboxylic acids is 1. The highest BCUT2D eigenvalue weighted by atomic mass is 32.1. The molecule has 1 aliphatic rings. The van der Waals surface area contributed by atoms with Crippen molar-refractivity contribution < 1.29 is 9.53 Å². The van der Waals surface area contributed by atoms with E-state index in [-0.39, 0.29) is 18.6 Å². The third-order valence-electron chi connectivity index (χ3n) is 4.46. The summed E-state index contributed by atoms with van der Waals surface area (Å²) >= 11 is 3.42. The molecule has 0 spiro atoms. The van der Waals surface area contributed by atoms with Gasteiger partial charge in [0.1, 0.15) is 11.8 Å². The molecule has 0 saturated heterocycles. The molecule has 2 aromatic heterocycles. The van der Waals surface area contributed by atoms with Crippen molar-refractivity contribution in [3.05, 3.63) is 74.1 Å². The number of nitriles is 1. The number of ether oxygens (including phenoxy) is 1. The summed E-state index contributed by atoms with van der Waals surface area (Å²) in [6, 6.07) is 15.2. The summed E-state index contributed by atoms with van der Waals surface area (Å²) in [5.41, 5.74) is 1.66. The Labute approximate surface area is 159 Å². The van der Waals surface area contributed by atoms with Crippen LogP contribution in [0, 0.1) is 11.3 Å². The Morgan fingerprint density at radius 2 is 2.08 bits per heavy atom. The van der Waals surface area contributed by atoms with Crippen LogP contribution in [0.25, 0.3) is 0 Å². The van der Waals surface area contributed by atoms with Gasteiger partial charge in [0, 0.05) is 16.3 Å². The summed E-state index contributed by atoms with van der Waals surface area (Å²) in [5.74, 6) is 0.386. The maximum absolute atomic E-state index is 12.9. The van der Waals surface area contributed by atoms with Crippen molar-refractivity contribution in [1.82, 2.24) is 4.90 Å². The summed E-state index contributed by atoms with van der Waals surface area (Å²) in [4.78, 5) is 17.3. The van der Waals surface area contributed by atoms with E-state index < -0.39 is 0 Å². The summed E-state index contributed by atoms with van der Waals surface area (Å²) in [6.07, 6.45) is 0.870. The van der Waals surface area contributed by atoms with Crippen LogP contribution in [0.5, 0.6) is 5.75 Å². The van der Waals surface area contributed by atoms with Gasteiger partial charge in [0.05, 0.1) is 11.6 Å². The first-order valence-corrected chi connectivity index (χ1v) is 10.0. The molecule has 3 aromatic rings. The molecular formula is C20H16N2O2S2. The highest BCUT2D eigenvalue weighted by Gasteiger charge is 2.33. The smallest absolute Gasteiger partial charge is 0.261 e. The normalized spacial score (nSPS) is 16.0. The number of fused-ring (bicyclic) bond motifs is 1. The second-order valence-corrected chi connectivity index (χ2v) is 7.93. The predicted octanol–water partition coefficient (Wildman–Crippen LogP) is 4.23. The molecular weight excluding hydrogens is 364 g/mol. The molecule has 0 saturated carbocycles. The lowest BCUT2D eigenvalue weighted by Crippen LogP contribution is -2.42. The first-order valence-electron chi connectivity index (χ1n) is 8.29. The maximum atomic E-state index is 12.9. The van der Waals surface area contributed by atoms with Crippen molar-refractivity contribution >= 4 is 28.6 Å². The average Bonchev–Trinajstić information content (AvgIpc) is 3.37. The SMILES string of the molecule is N#Cc1ccccc1OCC(=O)N1CCc2sccc2[C@@H]1c1cccs1. The van der Waals surface area contributed by atoms with Gasteiger partial charge in [-0.05, 0) is 47.0 Å². The van der Waals surface area contributed by atoms with Gasteiger partial charge in [0.25, 0.3) is 5.91 Å². The topological polar surface area (TPSA) is 53.3 Å². The Bertz CT molecular complexity index is 956. The van der Waals surface area contributed by atoms with Crippen molar-refractivity contribution in [2.45, 2.75) is 12.5 Å². The largest absolute Gasteiger partial charge is 0.482 e. The fraction of sp³-hybridized carbons (Fsp3) is 0.200. The Morgan fingerprint density at radius 3 is 2.88 bits per heavy atom. The summed E-state index contributed by atoms with van der Waals surface area (Å²) in [5, 5.41) is 13.3. The number of nitrogens with zero attached hydrogens (tertiary/aromatic N) is 2. The molecule has 4 nitrogen and oxygen atoms in total. The van der Waals surface area contributed by atoms with Crippen LogP contribution >= 0.6 is 22.7 Å². The van der Waals surface area contributed by atoms with E-state index in [9.17, 15) is 4.79 Å². The fourth-order valence-corrected chi connectivity index (χ4v) is 5.00. The molecule has 0 radical (unpaired) electrons. The molecule has 0 bridgehead atoms. The average molecular weight is 380 g/mol. The molecule has 1 aromatic carbocycles. The molecule has 1 aliphatic heterocycles. The molecule has 6 heteroatoms. The minimum Gasteiger partial charge on any atom is -0.482 e. The van der Waals surface area contributed by atoms with Crippen LogP contribution in [0.4, 0.5) is 0 Å². The van der Waals surface area contributed by atoms with Gasteiger partial charge in [-0.1, -0.05) is 18.2 Å². The number of rotatable bonds is 4. The highest BCUT2D eigenvalue weighted by Crippen LogP contribution is 2.39. The van der Waals surface area contributed by atoms with E-state index in [1.807, 2.05) is 16.3 Å². The van der Waals surface area contributed by atoms with Gasteiger partial charge < -0.3 is 9.64 Å². The second-order valence-electron chi connectivity index (χ2n) is 5.95. The molecule has 0 unspecified atom stereocenters. The van der Waals surface area contributed by atoms with Crippen LogP contribution in [0.3, 0.4) is 0 Å². The van der Waals surface area contributed by atoms with Gasteiger partial charge in [-0.2, -0.15) is 5.26 Å². The van der Waals surface area contributed by atoms with Crippen LogP contribution in [-0.4, -0.2) is 24.0 Å². The Hall–Kier alpha value is -2.62. The second kappa shape index (κ2) is 7.32. The van der Waals surface area contributed by atoms with Crippen LogP contribution < -0.4 is 4.74 Å². The number of para-hydroxylation sites is 1. The van der Waals surface area contributed by atoms with Gasteiger partial charge in [0.2, 0.25) is 0 Å². The van der Waals surface area contributed by atoms with E-state index >= 15 is 0 Å². The predicted molar refractivity (Wildman–Crippen MR) is 103 cm³/mol. The first-order chi connectivity index (χ1) is 12.8. The van der Waals surface area contributed by atoms with Crippen LogP contribution in [-0.2, 0) is 11.2 Å². The highest BCUT2D eigenvalue weighted by molar-refractivity contribution is 7.10. The zero-order chi connectivity index (χ0) is 17.9. The van der Waals surface area contributed by atoms with E-state index in [4.69, 9.17) is 10.00 Å². The van der Waals surface area contributed by atoms with E-state index in [1.165, 1.54) is 10.4 Å². The molecule has 1 atom stereocenters. The lowest BCUT2D eigenvalue weighted by molar-refractivity contribution is -0.135. The molecule has 3 heterocycles. The quantitative estimate of drug-likeness (QED) is 0.680. The van der Waals surface area contributed by atoms with Crippen LogP contribution in [0.1, 0.15) is 26.9 Å². The fourth-order valence-electron chi connectivity index (χ4n) is 3.25. The lowest BCUT2D eigenvalue weighted by atomic mass is 9.98. The number of carbonyl (C=O) groups is 1. The minimum absolute atomic E-state index is 0.0488. The van der Waals surface area contributed by atoms with Gasteiger partial charge in [-0.3, -0.25) is 4.79 Å². The monoisotopic (exact) mass is 380 g/mol. The molecule has 26 heavy (non-hydrogen) atoms. The molecule has 1 amide bonds. The van der Waals surface area contributed by atoms with Gasteiger partial charge in [0.15, 0.2) is 6.61 Å². The Kier molecular flexibility index (Phi) is 4.74. The number of amides is 1. The Morgan fingerprint density at radius 1 is 1.19 bits per heavy atom. The molecule has 4 rings (SSSR count). The number of hydrogen-bond acceptors (Lipinski definition) is 5. The van der Waals surface area contributed by atoms with Crippen molar-refractivity contribution in [1.29, 1.82) is 5.26 Å². The van der Waals surface area contributed by atoms with E-state index in [2.05, 4.69) is 23.6 Å². The van der Waals surface area contributed by atoms with E-state index in [0.717, 1.165) is 11.3 Å². The van der Waals surface area contributed by atoms with E-state index in [1.54, 1.807) is 46.9 Å². The van der Waals surface area contributed by atoms with Crippen molar-refractivity contribution in [3.8, 4) is 11.8 Å². The first kappa shape index (κ1) is 16.8. The number of thiophene rings is 2. The summed E-state index contributed by atoms with van der Waals surface area (Å²) in [6.45, 7) is 0.609. The minimum atomic E-state index is -0.0694. The van der Waals surface area contributed by atoms with Gasteiger partial charge >= 0.3 is 0 Å². The van der Waals surface area contributed by atoms with Crippen molar-refractivity contribution in [2.24, 2.45) is 0 Å². The number of hydrogen-bond donors (Lipinski definition) is 0. The third-order valence-corrected chi connectivity index (χ3v) is 6.38. The van der Waals surface area contributed by atoms with Gasteiger partial charge in [-0.15, -0.1) is 22.7 Å². The molecule has 0 aliphatic carbocycles. The standard InChI is InChI=1S/C20H16N2O2S2/c21-12-14-4-1-2-5-16(14)24-13-19(23)22-9-7-17-15(8-11-26-17)20(22)18-6-3-10-25-18/h1-6,8,10-11,20H,7,9,13H2/t20-/m1/s1. The maximum Gasteiger partial charge on any atom is 0.261 e. The van der Waals surface area contributed by atoms with Gasteiger partial charge in [-0.25, -0.2) is 0 Å². The zero-order valence-electron chi connectivity index (χ0n) is 13.9. The van der Waals surface area contributed by atoms with E-state index in [0.29, 0.717) is 17.9 Å². The van der Waals surface area contributed by atoms with Crippen molar-refractivity contribution in [3.63, 3.8) is 0 Å². The summed E-state index contributed by atoms with van der Waals surface area (Å²) < 4.78 is 5.67. The molecule has 0 N–H and O–H groups in total. The third kappa shape index (κ3) is 3.12. The number of benzene rings is 1. The Balaban J connectivity index is 1.56. The van der Waals surface area contributed by atoms with Crippen molar-refractivity contribution in [2.75, 3.05) is 13.2 Å². The molecule has 0 fully saturated rings. The lowest BCUT2D eigenvalue weighted by Gasteiger charge is -2.35. The zero-order valence-corrected chi connectivity index (χ0v) is 15.6. The van der Waals surface area contributed by atoms with Crippen LogP contribution in [0.15, 0.2) is 53.2 Å². The summed E-state index contributed by atoms with van der Waals surface area (Å²) in [7, 11) is 0. The van der Waals surface area contributed by atoms with Crippen LogP contribution in [0.2, 0.25) is 0 Å². The molecule has 130 valence electrons.